The number of hydrogen-bond acceptors (Lipinski definition) is 5. The van der Waals surface area contributed by atoms with E-state index in [9.17, 15) is 9.59 Å². The van der Waals surface area contributed by atoms with Crippen LogP contribution in [0.1, 0.15) is 24.2 Å². The topological polar surface area (TPSA) is 81.3 Å². The van der Waals surface area contributed by atoms with Gasteiger partial charge in [0.1, 0.15) is 5.25 Å². The fourth-order valence-corrected chi connectivity index (χ4v) is 5.64. The zero-order valence-corrected chi connectivity index (χ0v) is 21.5. The zero-order chi connectivity index (χ0) is 25.2. The highest BCUT2D eigenvalue weighted by Crippen LogP contribution is 2.36. The van der Waals surface area contributed by atoms with Crippen LogP contribution >= 0.6 is 35.0 Å². The lowest BCUT2D eigenvalue weighted by Crippen LogP contribution is -2.23. The van der Waals surface area contributed by atoms with Gasteiger partial charge in [0.25, 0.3) is 5.56 Å². The van der Waals surface area contributed by atoms with E-state index >= 15 is 0 Å². The number of hydrogen-bond donors (Lipinski definition) is 1. The molecular weight excluding hydrogens is 517 g/mol. The molecule has 0 spiro atoms. The first-order chi connectivity index (χ1) is 17.5. The monoisotopic (exact) mass is 537 g/mol. The van der Waals surface area contributed by atoms with Gasteiger partial charge < -0.3 is 5.32 Å². The number of aryl methyl sites for hydroxylation is 1. The number of nitrogens with zero attached hydrogens (tertiary/aromatic N) is 4. The SMILES string of the molecule is CCCn1c(=O)c2ccccc2n2c(S[C@H](C(=O)Nc3cc(Cl)cc(Cl)c3)c3ccccc3)nnc12. The summed E-state index contributed by atoms with van der Waals surface area (Å²) in [6, 6.07) is 21.7. The molecule has 0 fully saturated rings. The van der Waals surface area contributed by atoms with Crippen molar-refractivity contribution in [3.63, 3.8) is 0 Å². The second-order valence-corrected chi connectivity index (χ2v) is 10.1. The fraction of sp³-hybridized carbons (Fsp3) is 0.154. The van der Waals surface area contributed by atoms with E-state index in [2.05, 4.69) is 15.5 Å². The molecule has 0 aliphatic carbocycles. The van der Waals surface area contributed by atoms with Crippen LogP contribution < -0.4 is 10.9 Å². The van der Waals surface area contributed by atoms with E-state index in [1.807, 2.05) is 59.9 Å². The highest BCUT2D eigenvalue weighted by molar-refractivity contribution is 8.00. The molecule has 7 nitrogen and oxygen atoms in total. The van der Waals surface area contributed by atoms with Crippen molar-refractivity contribution in [2.75, 3.05) is 5.32 Å². The van der Waals surface area contributed by atoms with Crippen LogP contribution in [0.2, 0.25) is 10.0 Å². The number of aromatic nitrogens is 4. The number of thioether (sulfide) groups is 1. The summed E-state index contributed by atoms with van der Waals surface area (Å²) in [5, 5.41) is 12.9. The van der Waals surface area contributed by atoms with Crippen LogP contribution in [0.25, 0.3) is 16.7 Å². The summed E-state index contributed by atoms with van der Waals surface area (Å²) >= 11 is 13.5. The quantitative estimate of drug-likeness (QED) is 0.249. The maximum atomic E-state index is 13.6. The van der Waals surface area contributed by atoms with E-state index in [4.69, 9.17) is 23.2 Å². The Hall–Kier alpha value is -3.33. The van der Waals surface area contributed by atoms with Gasteiger partial charge in [0, 0.05) is 22.3 Å². The first-order valence-corrected chi connectivity index (χ1v) is 12.9. The highest BCUT2D eigenvalue weighted by Gasteiger charge is 2.26. The van der Waals surface area contributed by atoms with Crippen molar-refractivity contribution in [1.82, 2.24) is 19.2 Å². The van der Waals surface area contributed by atoms with Crippen molar-refractivity contribution in [1.29, 1.82) is 0 Å². The minimum atomic E-state index is -0.665. The zero-order valence-electron chi connectivity index (χ0n) is 19.2. The summed E-state index contributed by atoms with van der Waals surface area (Å²) in [5.41, 5.74) is 1.86. The molecule has 1 atom stereocenters. The van der Waals surface area contributed by atoms with Crippen LogP contribution in [0.3, 0.4) is 0 Å². The van der Waals surface area contributed by atoms with Gasteiger partial charge in [0.05, 0.1) is 10.9 Å². The molecule has 0 unspecified atom stereocenters. The molecule has 10 heteroatoms. The van der Waals surface area contributed by atoms with Crippen molar-refractivity contribution < 1.29 is 4.79 Å². The smallest absolute Gasteiger partial charge is 0.262 e. The molecule has 0 aliphatic rings. The van der Waals surface area contributed by atoms with Gasteiger partial charge in [-0.1, -0.05) is 84.4 Å². The Balaban J connectivity index is 1.61. The first kappa shape index (κ1) is 24.4. The van der Waals surface area contributed by atoms with Gasteiger partial charge in [-0.2, -0.15) is 0 Å². The third-order valence-corrected chi connectivity index (χ3v) is 7.25. The summed E-state index contributed by atoms with van der Waals surface area (Å²) in [4.78, 5) is 26.7. The third-order valence-electron chi connectivity index (χ3n) is 5.62. The number of carbonyl (C=O) groups is 1. The Morgan fingerprint density at radius 1 is 1.00 bits per heavy atom. The largest absolute Gasteiger partial charge is 0.325 e. The molecule has 0 aliphatic heterocycles. The molecule has 2 aromatic heterocycles. The van der Waals surface area contributed by atoms with E-state index < -0.39 is 5.25 Å². The van der Waals surface area contributed by atoms with E-state index in [-0.39, 0.29) is 11.5 Å². The van der Waals surface area contributed by atoms with Crippen molar-refractivity contribution >= 4 is 63.2 Å². The number of carbonyl (C=O) groups excluding carboxylic acids is 1. The van der Waals surface area contributed by atoms with Crippen LogP contribution in [0.4, 0.5) is 5.69 Å². The number of fused-ring (bicyclic) bond motifs is 3. The molecule has 2 heterocycles. The van der Waals surface area contributed by atoms with Gasteiger partial charge in [-0.05, 0) is 42.3 Å². The second kappa shape index (κ2) is 10.3. The third kappa shape index (κ3) is 4.72. The van der Waals surface area contributed by atoms with E-state index in [0.29, 0.717) is 44.1 Å². The Morgan fingerprint density at radius 2 is 1.69 bits per heavy atom. The summed E-state index contributed by atoms with van der Waals surface area (Å²) in [6.07, 6.45) is 0.764. The van der Waals surface area contributed by atoms with Gasteiger partial charge in [-0.15, -0.1) is 10.2 Å². The van der Waals surface area contributed by atoms with Crippen molar-refractivity contribution in [3.8, 4) is 0 Å². The number of anilines is 1. The molecule has 1 N–H and O–H groups in total. The van der Waals surface area contributed by atoms with Gasteiger partial charge in [-0.25, -0.2) is 0 Å². The second-order valence-electron chi connectivity index (χ2n) is 8.15. The Morgan fingerprint density at radius 3 is 2.42 bits per heavy atom. The van der Waals surface area contributed by atoms with Gasteiger partial charge in [-0.3, -0.25) is 18.6 Å². The molecule has 182 valence electrons. The molecule has 5 aromatic rings. The molecule has 1 amide bonds. The van der Waals surface area contributed by atoms with Crippen LogP contribution in [-0.2, 0) is 11.3 Å². The molecule has 5 rings (SSSR count). The molecule has 0 bridgehead atoms. The van der Waals surface area contributed by atoms with Crippen molar-refractivity contribution in [2.45, 2.75) is 30.3 Å². The van der Waals surface area contributed by atoms with Crippen LogP contribution in [0.15, 0.2) is 82.7 Å². The van der Waals surface area contributed by atoms with Gasteiger partial charge in [0.15, 0.2) is 5.16 Å². The Labute approximate surface area is 221 Å². The maximum Gasteiger partial charge on any atom is 0.262 e. The lowest BCUT2D eigenvalue weighted by atomic mass is 10.1. The molecule has 0 radical (unpaired) electrons. The van der Waals surface area contributed by atoms with Gasteiger partial charge in [0.2, 0.25) is 11.7 Å². The average molecular weight is 538 g/mol. The fourth-order valence-electron chi connectivity index (χ4n) is 4.08. The Kier molecular flexibility index (Phi) is 7.00. The lowest BCUT2D eigenvalue weighted by molar-refractivity contribution is -0.115. The number of benzene rings is 3. The summed E-state index contributed by atoms with van der Waals surface area (Å²) in [5.74, 6) is 0.171. The van der Waals surface area contributed by atoms with E-state index in [1.165, 1.54) is 11.8 Å². The molecule has 36 heavy (non-hydrogen) atoms. The van der Waals surface area contributed by atoms with Crippen LogP contribution in [0.5, 0.6) is 0 Å². The predicted octanol–water partition coefficient (Wildman–Crippen LogP) is 6.23. The van der Waals surface area contributed by atoms with E-state index in [0.717, 1.165) is 12.0 Å². The predicted molar refractivity (Wildman–Crippen MR) is 145 cm³/mol. The molecule has 3 aromatic carbocycles. The summed E-state index contributed by atoms with van der Waals surface area (Å²) < 4.78 is 3.47. The average Bonchev–Trinajstić information content (AvgIpc) is 3.28. The number of nitrogens with one attached hydrogen (secondary N) is 1. The summed E-state index contributed by atoms with van der Waals surface area (Å²) in [7, 11) is 0. The number of amides is 1. The van der Waals surface area contributed by atoms with Crippen molar-refractivity contribution in [3.05, 3.63) is 98.8 Å². The minimum absolute atomic E-state index is 0.112. The van der Waals surface area contributed by atoms with E-state index in [1.54, 1.807) is 28.8 Å². The van der Waals surface area contributed by atoms with Crippen molar-refractivity contribution in [2.24, 2.45) is 0 Å². The number of para-hydroxylation sites is 1. The minimum Gasteiger partial charge on any atom is -0.325 e. The summed E-state index contributed by atoms with van der Waals surface area (Å²) in [6.45, 7) is 2.51. The molecule has 0 saturated carbocycles. The standard InChI is InChI=1S/C26H21Cl2N5O2S/c1-2-12-32-24(35)20-10-6-7-11-21(20)33-25(32)30-31-26(33)36-22(16-8-4-3-5-9-16)23(34)29-19-14-17(27)13-18(28)15-19/h3-11,13-15,22H,2,12H2,1H3,(H,29,34)/t22-/m0/s1. The number of halogens is 2. The Bertz CT molecular complexity index is 1610. The molecular formula is C26H21Cl2N5O2S. The lowest BCUT2D eigenvalue weighted by Gasteiger charge is -2.17. The number of rotatable bonds is 7. The van der Waals surface area contributed by atoms with Gasteiger partial charge >= 0.3 is 0 Å². The maximum absolute atomic E-state index is 13.6. The first-order valence-electron chi connectivity index (χ1n) is 11.3. The molecule has 0 saturated heterocycles. The van der Waals surface area contributed by atoms with Crippen LogP contribution in [-0.4, -0.2) is 25.1 Å². The normalized spacial score (nSPS) is 12.2. The highest BCUT2D eigenvalue weighted by atomic mass is 35.5. The van der Waals surface area contributed by atoms with Crippen LogP contribution in [0, 0.1) is 0 Å².